The summed E-state index contributed by atoms with van der Waals surface area (Å²) in [5.74, 6) is 2.33. The van der Waals surface area contributed by atoms with Crippen LogP contribution in [-0.4, -0.2) is 73.4 Å². The van der Waals surface area contributed by atoms with Gasteiger partial charge in [-0.25, -0.2) is 15.0 Å². The number of fused-ring (bicyclic) bond motifs is 1. The molecule has 0 spiro atoms. The lowest BCUT2D eigenvalue weighted by Gasteiger charge is -2.34. The van der Waals surface area contributed by atoms with Gasteiger partial charge in [0, 0.05) is 57.1 Å². The first kappa shape index (κ1) is 24.3. The standard InChI is InChI=1S/C28H32N8O2/c1-2-38-28-30-10-8-22(33-28)21-5-6-23-24(17-21)32-27(31-23)34-25-15-20(7-9-29-25)18-35-11-13-36(14-12-35)26(37)16-19-3-4-19/h5-10,15,17,19H,2-4,11-14,16,18H2,1H3,(H2,29,31,32,34). The minimum atomic E-state index is 0.327. The van der Waals surface area contributed by atoms with Gasteiger partial charge in [-0.2, -0.15) is 4.98 Å². The van der Waals surface area contributed by atoms with Gasteiger partial charge in [0.05, 0.1) is 23.3 Å². The van der Waals surface area contributed by atoms with Crippen LogP contribution in [0.15, 0.2) is 48.8 Å². The van der Waals surface area contributed by atoms with E-state index < -0.39 is 0 Å². The largest absolute Gasteiger partial charge is 0.464 e. The third-order valence-corrected chi connectivity index (χ3v) is 7.05. The number of rotatable bonds is 9. The highest BCUT2D eigenvalue weighted by Crippen LogP contribution is 2.33. The first-order valence-corrected chi connectivity index (χ1v) is 13.3. The molecule has 4 aromatic rings. The number of nitrogens with zero attached hydrogens (tertiary/aromatic N) is 6. The maximum atomic E-state index is 12.4. The monoisotopic (exact) mass is 512 g/mol. The number of hydrogen-bond donors (Lipinski definition) is 2. The Bertz CT molecular complexity index is 1430. The predicted molar refractivity (Wildman–Crippen MR) is 145 cm³/mol. The van der Waals surface area contributed by atoms with Crippen LogP contribution in [0.4, 0.5) is 11.8 Å². The molecule has 2 aliphatic rings. The fourth-order valence-electron chi connectivity index (χ4n) is 4.80. The summed E-state index contributed by atoms with van der Waals surface area (Å²) in [5, 5.41) is 3.31. The molecule has 1 aliphatic carbocycles. The zero-order valence-corrected chi connectivity index (χ0v) is 21.6. The van der Waals surface area contributed by atoms with Crippen LogP contribution in [0, 0.1) is 5.92 Å². The number of piperazine rings is 1. The summed E-state index contributed by atoms with van der Waals surface area (Å²) in [4.78, 5) is 38.0. The van der Waals surface area contributed by atoms with E-state index in [1.807, 2.05) is 48.4 Å². The van der Waals surface area contributed by atoms with Crippen molar-refractivity contribution in [3.8, 4) is 17.3 Å². The maximum Gasteiger partial charge on any atom is 0.316 e. The molecule has 6 rings (SSSR count). The van der Waals surface area contributed by atoms with Gasteiger partial charge in [0.2, 0.25) is 11.9 Å². The summed E-state index contributed by atoms with van der Waals surface area (Å²) in [5.41, 5.74) is 4.65. The third-order valence-electron chi connectivity index (χ3n) is 7.05. The van der Waals surface area contributed by atoms with Gasteiger partial charge >= 0.3 is 6.01 Å². The topological polar surface area (TPSA) is 112 Å². The average Bonchev–Trinajstić information content (AvgIpc) is 3.65. The Labute approximate surface area is 221 Å². The minimum Gasteiger partial charge on any atom is -0.464 e. The van der Waals surface area contributed by atoms with Crippen molar-refractivity contribution in [1.29, 1.82) is 0 Å². The smallest absolute Gasteiger partial charge is 0.316 e. The van der Waals surface area contributed by atoms with Crippen LogP contribution in [-0.2, 0) is 11.3 Å². The number of benzene rings is 1. The van der Waals surface area contributed by atoms with E-state index in [0.717, 1.165) is 67.3 Å². The van der Waals surface area contributed by atoms with E-state index >= 15 is 0 Å². The summed E-state index contributed by atoms with van der Waals surface area (Å²) < 4.78 is 5.43. The van der Waals surface area contributed by atoms with Gasteiger partial charge in [-0.15, -0.1) is 0 Å². The van der Waals surface area contributed by atoms with Crippen LogP contribution >= 0.6 is 0 Å². The Morgan fingerprint density at radius 3 is 2.71 bits per heavy atom. The van der Waals surface area contributed by atoms with Crippen molar-refractivity contribution in [3.63, 3.8) is 0 Å². The van der Waals surface area contributed by atoms with Crippen LogP contribution in [0.5, 0.6) is 6.01 Å². The Balaban J connectivity index is 1.09. The highest BCUT2D eigenvalue weighted by atomic mass is 16.5. The maximum absolute atomic E-state index is 12.4. The van der Waals surface area contributed by atoms with Crippen molar-refractivity contribution in [1.82, 2.24) is 34.7 Å². The highest BCUT2D eigenvalue weighted by molar-refractivity contribution is 5.83. The highest BCUT2D eigenvalue weighted by Gasteiger charge is 2.28. The van der Waals surface area contributed by atoms with E-state index in [1.54, 1.807) is 6.20 Å². The summed E-state index contributed by atoms with van der Waals surface area (Å²) in [7, 11) is 0. The van der Waals surface area contributed by atoms with Crippen molar-refractivity contribution in [2.75, 3.05) is 38.1 Å². The molecule has 3 aromatic heterocycles. The SMILES string of the molecule is CCOc1nccc(-c2ccc3nc(Nc4cc(CN5CCN(C(=O)CC6CC6)CC5)ccn4)[nH]c3c2)n1. The summed E-state index contributed by atoms with van der Waals surface area (Å²) in [6, 6.07) is 12.3. The Morgan fingerprint density at radius 2 is 1.89 bits per heavy atom. The quantitative estimate of drug-likeness (QED) is 0.346. The summed E-state index contributed by atoms with van der Waals surface area (Å²) in [6.45, 7) is 6.67. The number of H-pyrrole nitrogens is 1. The van der Waals surface area contributed by atoms with Crippen molar-refractivity contribution >= 4 is 28.7 Å². The van der Waals surface area contributed by atoms with Gasteiger partial charge < -0.3 is 19.9 Å². The summed E-state index contributed by atoms with van der Waals surface area (Å²) >= 11 is 0. The van der Waals surface area contributed by atoms with Gasteiger partial charge in [-0.05, 0) is 61.6 Å². The Hall–Kier alpha value is -4.05. The number of imidazole rings is 1. The lowest BCUT2D eigenvalue weighted by Crippen LogP contribution is -2.48. The second kappa shape index (κ2) is 10.7. The van der Waals surface area contributed by atoms with Gasteiger partial charge in [-0.3, -0.25) is 9.69 Å². The van der Waals surface area contributed by atoms with Crippen LogP contribution in [0.1, 0.15) is 31.7 Å². The van der Waals surface area contributed by atoms with E-state index in [2.05, 4.69) is 41.2 Å². The molecule has 1 amide bonds. The predicted octanol–water partition coefficient (Wildman–Crippen LogP) is 4.00. The van der Waals surface area contributed by atoms with E-state index in [9.17, 15) is 4.79 Å². The first-order valence-electron chi connectivity index (χ1n) is 13.3. The van der Waals surface area contributed by atoms with Crippen LogP contribution < -0.4 is 10.1 Å². The number of amides is 1. The molecule has 10 heteroatoms. The lowest BCUT2D eigenvalue weighted by molar-refractivity contribution is -0.133. The normalized spacial score (nSPS) is 16.1. The molecule has 10 nitrogen and oxygen atoms in total. The number of aromatic nitrogens is 5. The van der Waals surface area contributed by atoms with Gasteiger partial charge in [0.25, 0.3) is 0 Å². The number of aromatic amines is 1. The second-order valence-corrected chi connectivity index (χ2v) is 9.95. The molecule has 0 radical (unpaired) electrons. The van der Waals surface area contributed by atoms with E-state index in [4.69, 9.17) is 4.74 Å². The van der Waals surface area contributed by atoms with Crippen LogP contribution in [0.2, 0.25) is 0 Å². The number of carbonyl (C=O) groups excluding carboxylic acids is 1. The fourth-order valence-corrected chi connectivity index (χ4v) is 4.80. The third kappa shape index (κ3) is 5.75. The average molecular weight is 513 g/mol. The van der Waals surface area contributed by atoms with E-state index in [0.29, 0.717) is 30.4 Å². The zero-order chi connectivity index (χ0) is 25.9. The first-order chi connectivity index (χ1) is 18.6. The second-order valence-electron chi connectivity index (χ2n) is 9.95. The molecule has 1 saturated heterocycles. The number of ether oxygens (including phenoxy) is 1. The lowest BCUT2D eigenvalue weighted by atomic mass is 10.1. The number of pyridine rings is 1. The molecule has 0 atom stereocenters. The van der Waals surface area contributed by atoms with Crippen molar-refractivity contribution in [3.05, 3.63) is 54.4 Å². The number of hydrogen-bond acceptors (Lipinski definition) is 8. The molecule has 0 unspecified atom stereocenters. The van der Waals surface area contributed by atoms with E-state index in [1.165, 1.54) is 18.4 Å². The molecule has 196 valence electrons. The molecule has 2 fully saturated rings. The van der Waals surface area contributed by atoms with Gasteiger partial charge in [0.15, 0.2) is 0 Å². The minimum absolute atomic E-state index is 0.327. The van der Waals surface area contributed by atoms with Gasteiger partial charge in [0.1, 0.15) is 5.82 Å². The molecule has 4 heterocycles. The van der Waals surface area contributed by atoms with Gasteiger partial charge in [-0.1, -0.05) is 6.07 Å². The molecular weight excluding hydrogens is 480 g/mol. The van der Waals surface area contributed by atoms with Crippen molar-refractivity contribution < 1.29 is 9.53 Å². The summed E-state index contributed by atoms with van der Waals surface area (Å²) in [6.07, 6.45) is 6.69. The number of nitrogens with one attached hydrogen (secondary N) is 2. The molecule has 1 aliphatic heterocycles. The molecule has 1 aromatic carbocycles. The number of anilines is 2. The van der Waals surface area contributed by atoms with Crippen molar-refractivity contribution in [2.24, 2.45) is 5.92 Å². The zero-order valence-electron chi connectivity index (χ0n) is 21.6. The van der Waals surface area contributed by atoms with Crippen LogP contribution in [0.3, 0.4) is 0 Å². The Kier molecular flexibility index (Phi) is 6.87. The fraction of sp³-hybridized carbons (Fsp3) is 0.393. The molecule has 0 bridgehead atoms. The molecule has 1 saturated carbocycles. The molecule has 38 heavy (non-hydrogen) atoms. The Morgan fingerprint density at radius 1 is 1.05 bits per heavy atom. The molecule has 2 N–H and O–H groups in total. The molecular formula is C28H32N8O2. The van der Waals surface area contributed by atoms with E-state index in [-0.39, 0.29) is 0 Å². The van der Waals surface area contributed by atoms with Crippen LogP contribution in [0.25, 0.3) is 22.3 Å². The number of carbonyl (C=O) groups is 1. The van der Waals surface area contributed by atoms with Crippen molar-refractivity contribution in [2.45, 2.75) is 32.7 Å².